The summed E-state index contributed by atoms with van der Waals surface area (Å²) in [6.45, 7) is 2.78. The SMILES string of the molecule is CCOC([SiH3])(CCC1CCC2OC2C1)OC. The second-order valence-corrected chi connectivity index (χ2v) is 6.73. The van der Waals surface area contributed by atoms with Crippen molar-refractivity contribution in [2.24, 2.45) is 5.92 Å². The lowest BCUT2D eigenvalue weighted by Gasteiger charge is -2.30. The molecule has 0 amide bonds. The van der Waals surface area contributed by atoms with Crippen LogP contribution in [0.15, 0.2) is 0 Å². The summed E-state index contributed by atoms with van der Waals surface area (Å²) in [6, 6.07) is 0. The molecule has 0 aromatic carbocycles. The molecule has 1 saturated heterocycles. The Kier molecular flexibility index (Phi) is 4.05. The average molecular weight is 244 g/mol. The van der Waals surface area contributed by atoms with Crippen LogP contribution in [0.3, 0.4) is 0 Å². The van der Waals surface area contributed by atoms with E-state index in [1.165, 1.54) is 25.7 Å². The van der Waals surface area contributed by atoms with Gasteiger partial charge in [0.1, 0.15) is 5.41 Å². The van der Waals surface area contributed by atoms with Gasteiger partial charge in [-0.05, 0) is 44.9 Å². The van der Waals surface area contributed by atoms with E-state index in [9.17, 15) is 0 Å². The molecule has 1 saturated carbocycles. The van der Waals surface area contributed by atoms with Crippen molar-refractivity contribution in [1.82, 2.24) is 0 Å². The molecule has 16 heavy (non-hydrogen) atoms. The van der Waals surface area contributed by atoms with Crippen LogP contribution >= 0.6 is 0 Å². The number of fused-ring (bicyclic) bond motifs is 1. The van der Waals surface area contributed by atoms with Crippen molar-refractivity contribution < 1.29 is 14.2 Å². The summed E-state index contributed by atoms with van der Waals surface area (Å²) in [5, 5.41) is 0. The highest BCUT2D eigenvalue weighted by Gasteiger charge is 2.43. The number of methoxy groups -OCH3 is 1. The number of epoxide rings is 1. The molecule has 0 aromatic heterocycles. The van der Waals surface area contributed by atoms with Crippen molar-refractivity contribution >= 4 is 10.2 Å². The van der Waals surface area contributed by atoms with E-state index in [2.05, 4.69) is 0 Å². The standard InChI is InChI=1S/C12H24O3Si/c1-3-14-12(16,13-2)7-6-9-4-5-10-11(8-9)15-10/h9-11H,3-8H2,1-2,16H3. The molecule has 0 radical (unpaired) electrons. The highest BCUT2D eigenvalue weighted by molar-refractivity contribution is 6.13. The average Bonchev–Trinajstić information content (AvgIpc) is 3.05. The van der Waals surface area contributed by atoms with Gasteiger partial charge in [-0.3, -0.25) is 0 Å². The molecule has 2 rings (SSSR count). The van der Waals surface area contributed by atoms with Gasteiger partial charge in [0.2, 0.25) is 0 Å². The lowest BCUT2D eigenvalue weighted by atomic mass is 9.86. The monoisotopic (exact) mass is 244 g/mol. The zero-order valence-corrected chi connectivity index (χ0v) is 12.7. The number of rotatable bonds is 6. The molecule has 4 unspecified atom stereocenters. The molecule has 0 bridgehead atoms. The Labute approximate surface area is 101 Å². The molecule has 1 aliphatic carbocycles. The van der Waals surface area contributed by atoms with Crippen LogP contribution < -0.4 is 0 Å². The second-order valence-electron chi connectivity index (χ2n) is 5.20. The summed E-state index contributed by atoms with van der Waals surface area (Å²) >= 11 is 0. The largest absolute Gasteiger partial charge is 0.370 e. The summed E-state index contributed by atoms with van der Waals surface area (Å²) < 4.78 is 16.8. The Hall–Kier alpha value is 0.0969. The second kappa shape index (κ2) is 5.17. The molecule has 4 atom stereocenters. The van der Waals surface area contributed by atoms with E-state index in [1.54, 1.807) is 7.11 Å². The Balaban J connectivity index is 1.72. The van der Waals surface area contributed by atoms with Crippen molar-refractivity contribution in [3.63, 3.8) is 0 Å². The maximum Gasteiger partial charge on any atom is 0.141 e. The predicted molar refractivity (Wildman–Crippen MR) is 66.5 cm³/mol. The fourth-order valence-electron chi connectivity index (χ4n) is 2.75. The lowest BCUT2D eigenvalue weighted by Crippen LogP contribution is -2.36. The van der Waals surface area contributed by atoms with Gasteiger partial charge in [-0.25, -0.2) is 0 Å². The van der Waals surface area contributed by atoms with Gasteiger partial charge in [0, 0.05) is 13.7 Å². The quantitative estimate of drug-likeness (QED) is 0.397. The fourth-order valence-corrected chi connectivity index (χ4v) is 3.33. The molecule has 4 heteroatoms. The van der Waals surface area contributed by atoms with Gasteiger partial charge in [-0.1, -0.05) is 0 Å². The molecule has 94 valence electrons. The van der Waals surface area contributed by atoms with Crippen LogP contribution in [-0.4, -0.2) is 41.6 Å². The zero-order chi connectivity index (χ0) is 11.6. The maximum absolute atomic E-state index is 5.72. The topological polar surface area (TPSA) is 31.0 Å². The normalized spacial score (nSPS) is 36.8. The lowest BCUT2D eigenvalue weighted by molar-refractivity contribution is -0.164. The van der Waals surface area contributed by atoms with Crippen molar-refractivity contribution in [3.05, 3.63) is 0 Å². The molecular weight excluding hydrogens is 220 g/mol. The van der Waals surface area contributed by atoms with Crippen molar-refractivity contribution in [1.29, 1.82) is 0 Å². The first-order chi connectivity index (χ1) is 7.67. The van der Waals surface area contributed by atoms with E-state index in [0.717, 1.165) is 29.2 Å². The Morgan fingerprint density at radius 2 is 2.19 bits per heavy atom. The molecule has 0 aromatic rings. The third-order valence-electron chi connectivity index (χ3n) is 4.00. The minimum absolute atomic E-state index is 0.254. The molecule has 1 aliphatic heterocycles. The van der Waals surface area contributed by atoms with Crippen LogP contribution in [-0.2, 0) is 14.2 Å². The van der Waals surface area contributed by atoms with Gasteiger partial charge in [0.05, 0.1) is 22.5 Å². The van der Waals surface area contributed by atoms with Gasteiger partial charge in [-0.2, -0.15) is 0 Å². The Morgan fingerprint density at radius 3 is 2.81 bits per heavy atom. The molecular formula is C12H24O3Si. The summed E-state index contributed by atoms with van der Waals surface area (Å²) in [6.07, 6.45) is 7.34. The van der Waals surface area contributed by atoms with Gasteiger partial charge in [-0.15, -0.1) is 0 Å². The van der Waals surface area contributed by atoms with Gasteiger partial charge >= 0.3 is 0 Å². The van der Waals surface area contributed by atoms with Crippen LogP contribution in [0.2, 0.25) is 0 Å². The van der Waals surface area contributed by atoms with E-state index in [0.29, 0.717) is 12.2 Å². The van der Waals surface area contributed by atoms with Gasteiger partial charge < -0.3 is 14.2 Å². The minimum atomic E-state index is -0.254. The summed E-state index contributed by atoms with van der Waals surface area (Å²) in [5.41, 5.74) is -0.254. The van der Waals surface area contributed by atoms with Crippen LogP contribution in [0, 0.1) is 5.92 Å². The highest BCUT2D eigenvalue weighted by Crippen LogP contribution is 2.41. The van der Waals surface area contributed by atoms with Crippen LogP contribution in [0.5, 0.6) is 0 Å². The molecule has 0 spiro atoms. The third kappa shape index (κ3) is 3.06. The smallest absolute Gasteiger partial charge is 0.141 e. The summed E-state index contributed by atoms with van der Waals surface area (Å²) in [4.78, 5) is 0. The van der Waals surface area contributed by atoms with Crippen LogP contribution in [0.4, 0.5) is 0 Å². The first-order valence-corrected chi connectivity index (χ1v) is 7.51. The molecule has 2 aliphatic rings. The summed E-state index contributed by atoms with van der Waals surface area (Å²) in [5.74, 6) is 0.827. The number of ether oxygens (including phenoxy) is 3. The highest BCUT2D eigenvalue weighted by atomic mass is 28.1. The Bertz CT molecular complexity index is 236. The van der Waals surface area contributed by atoms with Crippen molar-refractivity contribution in [2.45, 2.75) is 56.6 Å². The van der Waals surface area contributed by atoms with E-state index in [4.69, 9.17) is 14.2 Å². The predicted octanol–water partition coefficient (Wildman–Crippen LogP) is 1.04. The number of hydrogen-bond donors (Lipinski definition) is 0. The maximum atomic E-state index is 5.72. The van der Waals surface area contributed by atoms with Gasteiger partial charge in [0.25, 0.3) is 0 Å². The van der Waals surface area contributed by atoms with E-state index < -0.39 is 0 Å². The van der Waals surface area contributed by atoms with Crippen LogP contribution in [0.1, 0.15) is 39.0 Å². The molecule has 0 N–H and O–H groups in total. The van der Waals surface area contributed by atoms with Gasteiger partial charge in [0.15, 0.2) is 0 Å². The van der Waals surface area contributed by atoms with Crippen molar-refractivity contribution in [2.75, 3.05) is 13.7 Å². The zero-order valence-electron chi connectivity index (χ0n) is 10.7. The molecule has 2 fully saturated rings. The first kappa shape index (κ1) is 12.6. The van der Waals surface area contributed by atoms with E-state index in [-0.39, 0.29) is 5.41 Å². The Morgan fingerprint density at radius 1 is 1.38 bits per heavy atom. The third-order valence-corrected chi connectivity index (χ3v) is 5.20. The van der Waals surface area contributed by atoms with Crippen molar-refractivity contribution in [3.8, 4) is 0 Å². The molecule has 3 nitrogen and oxygen atoms in total. The molecule has 1 heterocycles. The first-order valence-electron chi connectivity index (χ1n) is 6.51. The number of hydrogen-bond acceptors (Lipinski definition) is 3. The van der Waals surface area contributed by atoms with E-state index in [1.807, 2.05) is 6.92 Å². The van der Waals surface area contributed by atoms with E-state index >= 15 is 0 Å². The van der Waals surface area contributed by atoms with Crippen LogP contribution in [0.25, 0.3) is 0 Å². The summed E-state index contributed by atoms with van der Waals surface area (Å²) in [7, 11) is 2.71. The fraction of sp³-hybridized carbons (Fsp3) is 1.00. The minimum Gasteiger partial charge on any atom is -0.370 e.